The molecule has 204 valence electrons. The molecule has 0 amide bonds. The first-order valence-corrected chi connectivity index (χ1v) is 11.7. The second kappa shape index (κ2) is 10.3. The Labute approximate surface area is 221 Å². The number of aliphatic hydroxyl groups excluding tert-OH is 1. The molecule has 0 aliphatic rings. The fraction of sp³-hybridized carbons (Fsp3) is 0.182. The van der Waals surface area contributed by atoms with Crippen LogP contribution in [-0.2, 0) is 21.9 Å². The van der Waals surface area contributed by atoms with Crippen molar-refractivity contribution in [2.45, 2.75) is 19.3 Å². The van der Waals surface area contributed by atoms with Crippen molar-refractivity contribution >= 4 is 56.2 Å². The van der Waals surface area contributed by atoms with Crippen molar-refractivity contribution < 1.29 is 41.0 Å². The van der Waals surface area contributed by atoms with Crippen LogP contribution in [0.4, 0.5) is 32.0 Å². The molecule has 1 N–H and O–H groups in total. The van der Waals surface area contributed by atoms with Crippen LogP contribution < -0.4 is 5.56 Å². The van der Waals surface area contributed by atoms with Gasteiger partial charge < -0.3 is 9.84 Å². The van der Waals surface area contributed by atoms with E-state index in [1.165, 1.54) is 25.1 Å². The van der Waals surface area contributed by atoms with Crippen LogP contribution in [0, 0.1) is 0 Å². The van der Waals surface area contributed by atoms with Gasteiger partial charge in [0.05, 0.1) is 34.3 Å². The number of aliphatic hydroxyl groups is 1. The van der Waals surface area contributed by atoms with Crippen LogP contribution in [0.2, 0.25) is 5.02 Å². The number of rotatable bonds is 5. The van der Waals surface area contributed by atoms with Gasteiger partial charge in [0.15, 0.2) is 10.8 Å². The summed E-state index contributed by atoms with van der Waals surface area (Å²) in [5.74, 6) is -2.30. The van der Waals surface area contributed by atoms with E-state index in [-0.39, 0.29) is 50.7 Å². The average Bonchev–Trinajstić information content (AvgIpc) is 3.27. The normalized spacial score (nSPS) is 13.3. The molecular formula is C22H12ClF6N5O4S. The lowest BCUT2D eigenvalue weighted by molar-refractivity contribution is -0.143. The number of halogens is 7. The van der Waals surface area contributed by atoms with E-state index < -0.39 is 52.2 Å². The molecule has 0 atom stereocenters. The molecule has 0 fully saturated rings. The van der Waals surface area contributed by atoms with Gasteiger partial charge in [0.25, 0.3) is 5.56 Å². The van der Waals surface area contributed by atoms with Crippen molar-refractivity contribution in [1.82, 2.24) is 14.6 Å². The van der Waals surface area contributed by atoms with Gasteiger partial charge in [0, 0.05) is 5.02 Å². The van der Waals surface area contributed by atoms with E-state index in [4.69, 9.17) is 16.3 Å². The maximum Gasteiger partial charge on any atom is 0.416 e. The summed E-state index contributed by atoms with van der Waals surface area (Å²) in [6.07, 6.45) is -10.3. The Balaban J connectivity index is 1.88. The summed E-state index contributed by atoms with van der Waals surface area (Å²) >= 11 is 6.62. The summed E-state index contributed by atoms with van der Waals surface area (Å²) in [5, 5.41) is 21.6. The molecule has 0 unspecified atom stereocenters. The Morgan fingerprint density at radius 1 is 1.10 bits per heavy atom. The number of benzene rings is 2. The number of aromatic nitrogens is 3. The molecule has 0 saturated heterocycles. The predicted molar refractivity (Wildman–Crippen MR) is 127 cm³/mol. The van der Waals surface area contributed by atoms with Crippen LogP contribution in [0.5, 0.6) is 0 Å². The van der Waals surface area contributed by atoms with Gasteiger partial charge in [-0.25, -0.2) is 9.31 Å². The number of carbonyl (C=O) groups is 1. The average molecular weight is 592 g/mol. The highest BCUT2D eigenvalue weighted by atomic mass is 35.5. The number of fused-ring (bicyclic) bond motifs is 3. The molecule has 2 aromatic carbocycles. The minimum atomic E-state index is -5.15. The summed E-state index contributed by atoms with van der Waals surface area (Å²) in [5.41, 5.74) is -5.66. The Morgan fingerprint density at radius 2 is 1.74 bits per heavy atom. The third-order valence-electron chi connectivity index (χ3n) is 4.91. The van der Waals surface area contributed by atoms with Gasteiger partial charge in [0.1, 0.15) is 0 Å². The van der Waals surface area contributed by atoms with Gasteiger partial charge in [-0.15, -0.1) is 5.11 Å². The van der Waals surface area contributed by atoms with Crippen LogP contribution in [0.1, 0.15) is 23.1 Å². The molecule has 2 heterocycles. The lowest BCUT2D eigenvalue weighted by Crippen LogP contribution is -2.10. The number of nitrogens with zero attached hydrogens (tertiary/aromatic N) is 5. The molecule has 39 heavy (non-hydrogen) atoms. The quantitative estimate of drug-likeness (QED) is 0.0922. The minimum absolute atomic E-state index is 0.0378. The Hall–Kier alpha value is -4.05. The van der Waals surface area contributed by atoms with Crippen LogP contribution >= 0.6 is 22.9 Å². The van der Waals surface area contributed by atoms with Crippen molar-refractivity contribution in [3.63, 3.8) is 0 Å². The Bertz CT molecular complexity index is 1700. The molecule has 2 aromatic heterocycles. The molecule has 0 aliphatic heterocycles. The van der Waals surface area contributed by atoms with Crippen molar-refractivity contribution in [1.29, 1.82) is 0 Å². The second-order valence-electron chi connectivity index (χ2n) is 7.56. The SMILES string of the molecule is CCOC(=O)/C(N=Nc1cc(C(F)(F)F)cc(C(F)(F)F)c1)=C(\O)c1nn2c(nc(=O)c3ccc(Cl)cc32)s1. The lowest BCUT2D eigenvalue weighted by atomic mass is 10.1. The molecule has 0 saturated carbocycles. The number of azo groups is 1. The zero-order valence-corrected chi connectivity index (χ0v) is 20.7. The highest BCUT2D eigenvalue weighted by molar-refractivity contribution is 7.17. The number of hydrogen-bond acceptors (Lipinski definition) is 9. The second-order valence-corrected chi connectivity index (χ2v) is 8.95. The topological polar surface area (TPSA) is 119 Å². The number of hydrogen-bond donors (Lipinski definition) is 1. The summed E-state index contributed by atoms with van der Waals surface area (Å²) in [4.78, 5) is 28.6. The molecule has 0 aliphatic carbocycles. The molecular weight excluding hydrogens is 580 g/mol. The first-order valence-electron chi connectivity index (χ1n) is 10.5. The summed E-state index contributed by atoms with van der Waals surface area (Å²) in [6.45, 7) is 1.17. The van der Waals surface area contributed by atoms with Crippen molar-refractivity contribution in [2.75, 3.05) is 6.61 Å². The minimum Gasteiger partial charge on any atom is -0.503 e. The number of ether oxygens (including phenoxy) is 1. The van der Waals surface area contributed by atoms with Crippen LogP contribution in [-0.4, -0.2) is 32.3 Å². The van der Waals surface area contributed by atoms with E-state index in [0.29, 0.717) is 11.3 Å². The Kier molecular flexibility index (Phi) is 7.36. The van der Waals surface area contributed by atoms with E-state index in [1.807, 2.05) is 0 Å². The van der Waals surface area contributed by atoms with E-state index in [9.17, 15) is 41.0 Å². The summed E-state index contributed by atoms with van der Waals surface area (Å²) in [6, 6.07) is 4.70. The third kappa shape index (κ3) is 5.85. The molecule has 4 aromatic rings. The van der Waals surface area contributed by atoms with E-state index in [2.05, 4.69) is 20.3 Å². The van der Waals surface area contributed by atoms with E-state index >= 15 is 0 Å². The first-order chi connectivity index (χ1) is 18.2. The summed E-state index contributed by atoms with van der Waals surface area (Å²) in [7, 11) is 0. The van der Waals surface area contributed by atoms with Gasteiger partial charge in [-0.3, -0.25) is 4.79 Å². The van der Waals surface area contributed by atoms with Gasteiger partial charge in [-0.05, 0) is 43.3 Å². The smallest absolute Gasteiger partial charge is 0.416 e. The molecule has 0 bridgehead atoms. The lowest BCUT2D eigenvalue weighted by Gasteiger charge is -2.12. The summed E-state index contributed by atoms with van der Waals surface area (Å²) < 4.78 is 84.9. The number of alkyl halides is 6. The Morgan fingerprint density at radius 3 is 2.33 bits per heavy atom. The molecule has 4 rings (SSSR count). The molecule has 0 radical (unpaired) electrons. The maximum atomic E-state index is 13.2. The fourth-order valence-electron chi connectivity index (χ4n) is 3.20. The molecule has 9 nitrogen and oxygen atoms in total. The zero-order valence-electron chi connectivity index (χ0n) is 19.1. The van der Waals surface area contributed by atoms with Crippen molar-refractivity contribution in [2.24, 2.45) is 10.2 Å². The standard InChI is InChI=1S/C22H12ClF6N5O4S/c1-2-38-19(37)15(32-31-12-6-9(21(24,25)26)5-10(7-12)22(27,28)29)16(35)18-33-34-14-8-11(23)3-4-13(14)17(36)30-20(34)39-18/h3-8,35H,2H2,1H3/b16-15+,32-31?. The monoisotopic (exact) mass is 591 g/mol. The molecule has 0 spiro atoms. The van der Waals surface area contributed by atoms with Crippen LogP contribution in [0.15, 0.2) is 57.1 Å². The van der Waals surface area contributed by atoms with Gasteiger partial charge in [-0.2, -0.15) is 41.5 Å². The predicted octanol–water partition coefficient (Wildman–Crippen LogP) is 6.57. The van der Waals surface area contributed by atoms with Gasteiger partial charge in [0.2, 0.25) is 10.7 Å². The molecule has 17 heteroatoms. The van der Waals surface area contributed by atoms with Crippen LogP contribution in [0.25, 0.3) is 21.6 Å². The van der Waals surface area contributed by atoms with Gasteiger partial charge >= 0.3 is 18.3 Å². The third-order valence-corrected chi connectivity index (χ3v) is 6.06. The number of esters is 1. The van der Waals surface area contributed by atoms with E-state index in [1.54, 1.807) is 0 Å². The van der Waals surface area contributed by atoms with Crippen molar-refractivity contribution in [3.8, 4) is 0 Å². The first kappa shape index (κ1) is 28.0. The van der Waals surface area contributed by atoms with Crippen LogP contribution in [0.3, 0.4) is 0 Å². The number of carbonyl (C=O) groups excluding carboxylic acids is 1. The van der Waals surface area contributed by atoms with E-state index in [0.717, 1.165) is 4.52 Å². The van der Waals surface area contributed by atoms with Gasteiger partial charge in [-0.1, -0.05) is 22.9 Å². The highest BCUT2D eigenvalue weighted by Crippen LogP contribution is 2.38. The van der Waals surface area contributed by atoms with Crippen molar-refractivity contribution in [3.05, 3.63) is 73.6 Å². The zero-order chi connectivity index (χ0) is 28.7. The highest BCUT2D eigenvalue weighted by Gasteiger charge is 2.37. The fourth-order valence-corrected chi connectivity index (χ4v) is 4.21. The largest absolute Gasteiger partial charge is 0.503 e. The maximum absolute atomic E-state index is 13.2.